The van der Waals surface area contributed by atoms with Crippen molar-refractivity contribution in [3.8, 4) is 0 Å². The van der Waals surface area contributed by atoms with E-state index in [1.165, 1.54) is 89.3 Å². The maximum absolute atomic E-state index is 4.83. The summed E-state index contributed by atoms with van der Waals surface area (Å²) in [5.74, 6) is 2.03. The Morgan fingerprint density at radius 2 is 2.27 bits per heavy atom. The smallest absolute Gasteiger partial charge is 0.113 e. The third-order valence-corrected chi connectivity index (χ3v) is 5.97. The fourth-order valence-electron chi connectivity index (χ4n) is 4.74. The van der Waals surface area contributed by atoms with Crippen LogP contribution in [0.5, 0.6) is 0 Å². The van der Waals surface area contributed by atoms with Gasteiger partial charge in [-0.1, -0.05) is 6.92 Å². The first-order valence-electron chi connectivity index (χ1n) is 9.21. The second kappa shape index (κ2) is 5.97. The molecule has 0 saturated carbocycles. The fourth-order valence-corrected chi connectivity index (χ4v) is 4.74. The van der Waals surface area contributed by atoms with Crippen LogP contribution < -0.4 is 5.32 Å². The lowest BCUT2D eigenvalue weighted by Gasteiger charge is -2.37. The zero-order valence-corrected chi connectivity index (χ0v) is 14.0. The van der Waals surface area contributed by atoms with Gasteiger partial charge in [-0.2, -0.15) is 0 Å². The molecule has 1 aromatic heterocycles. The summed E-state index contributed by atoms with van der Waals surface area (Å²) < 4.78 is 2.54. The van der Waals surface area contributed by atoms with Gasteiger partial charge in [-0.3, -0.25) is 0 Å². The molecule has 22 heavy (non-hydrogen) atoms. The van der Waals surface area contributed by atoms with Crippen molar-refractivity contribution in [2.75, 3.05) is 32.7 Å². The summed E-state index contributed by atoms with van der Waals surface area (Å²) in [6, 6.07) is 0. The average molecular weight is 302 g/mol. The van der Waals surface area contributed by atoms with Crippen molar-refractivity contribution in [1.29, 1.82) is 0 Å². The molecule has 0 aliphatic carbocycles. The Morgan fingerprint density at radius 1 is 1.32 bits per heavy atom. The molecular formula is C18H30N4. The van der Waals surface area contributed by atoms with E-state index in [4.69, 9.17) is 4.98 Å². The number of likely N-dealkylation sites (tertiary alicyclic amines) is 1. The molecule has 2 atom stereocenters. The zero-order valence-electron chi connectivity index (χ0n) is 14.0. The van der Waals surface area contributed by atoms with Crippen molar-refractivity contribution in [2.45, 2.75) is 57.9 Å². The van der Waals surface area contributed by atoms with Gasteiger partial charge < -0.3 is 14.8 Å². The van der Waals surface area contributed by atoms with Crippen LogP contribution in [0.2, 0.25) is 0 Å². The predicted molar refractivity (Wildman–Crippen MR) is 89.2 cm³/mol. The summed E-state index contributed by atoms with van der Waals surface area (Å²) in [4.78, 5) is 7.54. The van der Waals surface area contributed by atoms with Crippen LogP contribution in [0.15, 0.2) is 6.20 Å². The summed E-state index contributed by atoms with van der Waals surface area (Å²) in [5.41, 5.74) is 1.96. The number of aromatic nitrogens is 2. The van der Waals surface area contributed by atoms with Crippen molar-refractivity contribution in [2.24, 2.45) is 5.41 Å². The second-order valence-electron chi connectivity index (χ2n) is 8.03. The van der Waals surface area contributed by atoms with Gasteiger partial charge in [0, 0.05) is 44.0 Å². The number of aryl methyl sites for hydroxylation is 1. The van der Waals surface area contributed by atoms with E-state index in [-0.39, 0.29) is 0 Å². The largest absolute Gasteiger partial charge is 0.332 e. The van der Waals surface area contributed by atoms with Gasteiger partial charge in [0.05, 0.1) is 0 Å². The number of nitrogens with zero attached hydrogens (tertiary/aromatic N) is 3. The standard InChI is InChI=1S/C18H30N4/c1-18(7-8-19-13-18)14-21-9-4-5-15(12-21)17-20-11-16-6-2-3-10-22(16)17/h11,15,19H,2-10,12-14H2,1H3. The molecule has 122 valence electrons. The highest BCUT2D eigenvalue weighted by Gasteiger charge is 2.33. The second-order valence-corrected chi connectivity index (χ2v) is 8.03. The summed E-state index contributed by atoms with van der Waals surface area (Å²) in [7, 11) is 0. The van der Waals surface area contributed by atoms with Gasteiger partial charge in [0.1, 0.15) is 5.82 Å². The first kappa shape index (κ1) is 14.7. The van der Waals surface area contributed by atoms with Crippen LogP contribution in [0.1, 0.15) is 56.5 Å². The molecule has 0 spiro atoms. The Labute approximate surface area is 134 Å². The van der Waals surface area contributed by atoms with Crippen LogP contribution in [-0.2, 0) is 13.0 Å². The number of imidazole rings is 1. The molecule has 0 aromatic carbocycles. The van der Waals surface area contributed by atoms with Gasteiger partial charge in [-0.05, 0) is 57.0 Å². The van der Waals surface area contributed by atoms with Crippen molar-refractivity contribution < 1.29 is 0 Å². The van der Waals surface area contributed by atoms with E-state index >= 15 is 0 Å². The molecule has 4 heteroatoms. The summed E-state index contributed by atoms with van der Waals surface area (Å²) >= 11 is 0. The Bertz CT molecular complexity index is 515. The molecule has 1 N–H and O–H groups in total. The third kappa shape index (κ3) is 2.83. The predicted octanol–water partition coefficient (Wildman–Crippen LogP) is 2.40. The average Bonchev–Trinajstić information content (AvgIpc) is 3.14. The molecule has 2 saturated heterocycles. The minimum atomic E-state index is 0.480. The van der Waals surface area contributed by atoms with Gasteiger partial charge in [0.2, 0.25) is 0 Å². The number of fused-ring (bicyclic) bond motifs is 1. The van der Waals surface area contributed by atoms with Gasteiger partial charge in [0.25, 0.3) is 0 Å². The van der Waals surface area contributed by atoms with E-state index in [2.05, 4.69) is 27.9 Å². The fraction of sp³-hybridized carbons (Fsp3) is 0.833. The van der Waals surface area contributed by atoms with Crippen molar-refractivity contribution in [1.82, 2.24) is 19.8 Å². The third-order valence-electron chi connectivity index (χ3n) is 5.97. The lowest BCUT2D eigenvalue weighted by molar-refractivity contribution is 0.138. The van der Waals surface area contributed by atoms with E-state index in [0.717, 1.165) is 0 Å². The first-order chi connectivity index (χ1) is 10.7. The molecular weight excluding hydrogens is 272 g/mol. The van der Waals surface area contributed by atoms with Gasteiger partial charge in [0.15, 0.2) is 0 Å². The van der Waals surface area contributed by atoms with E-state index in [1.54, 1.807) is 0 Å². The molecule has 0 amide bonds. The molecule has 0 radical (unpaired) electrons. The molecule has 4 nitrogen and oxygen atoms in total. The molecule has 1 aromatic rings. The quantitative estimate of drug-likeness (QED) is 0.931. The molecule has 3 aliphatic heterocycles. The number of hydrogen-bond acceptors (Lipinski definition) is 3. The van der Waals surface area contributed by atoms with Crippen molar-refractivity contribution >= 4 is 0 Å². The Balaban J connectivity index is 1.45. The normalized spacial score (nSPS) is 33.0. The number of nitrogens with one attached hydrogen (secondary N) is 1. The van der Waals surface area contributed by atoms with E-state index in [1.807, 2.05) is 0 Å². The Morgan fingerprint density at radius 3 is 3.14 bits per heavy atom. The highest BCUT2D eigenvalue weighted by Crippen LogP contribution is 2.32. The minimum Gasteiger partial charge on any atom is -0.332 e. The maximum Gasteiger partial charge on any atom is 0.113 e. The first-order valence-corrected chi connectivity index (χ1v) is 9.21. The minimum absolute atomic E-state index is 0.480. The number of hydrogen-bond donors (Lipinski definition) is 1. The lowest BCUT2D eigenvalue weighted by atomic mass is 9.87. The van der Waals surface area contributed by atoms with Crippen LogP contribution in [0, 0.1) is 5.41 Å². The monoisotopic (exact) mass is 302 g/mol. The Hall–Kier alpha value is -0.870. The summed E-state index contributed by atoms with van der Waals surface area (Å²) in [6.45, 7) is 9.78. The van der Waals surface area contributed by atoms with Crippen molar-refractivity contribution in [3.63, 3.8) is 0 Å². The van der Waals surface area contributed by atoms with Crippen LogP contribution in [0.25, 0.3) is 0 Å². The van der Waals surface area contributed by atoms with Gasteiger partial charge in [-0.15, -0.1) is 0 Å². The summed E-state index contributed by atoms with van der Waals surface area (Å²) in [5, 5.41) is 3.54. The van der Waals surface area contributed by atoms with Crippen LogP contribution in [-0.4, -0.2) is 47.2 Å². The lowest BCUT2D eigenvalue weighted by Crippen LogP contribution is -2.42. The molecule has 2 unspecified atom stereocenters. The molecule has 2 fully saturated rings. The number of piperidine rings is 1. The molecule has 4 heterocycles. The number of rotatable bonds is 3. The Kier molecular flexibility index (Phi) is 3.99. The van der Waals surface area contributed by atoms with Crippen LogP contribution in [0.3, 0.4) is 0 Å². The van der Waals surface area contributed by atoms with E-state index in [9.17, 15) is 0 Å². The highest BCUT2D eigenvalue weighted by atomic mass is 15.2. The highest BCUT2D eigenvalue weighted by molar-refractivity contribution is 5.12. The maximum atomic E-state index is 4.83. The molecule has 3 aliphatic rings. The van der Waals surface area contributed by atoms with Gasteiger partial charge in [-0.25, -0.2) is 4.98 Å². The van der Waals surface area contributed by atoms with Crippen molar-refractivity contribution in [3.05, 3.63) is 17.7 Å². The SMILES string of the molecule is CC1(CN2CCCC(c3ncc4n3CCCC4)C2)CCNC1. The van der Waals surface area contributed by atoms with E-state index in [0.29, 0.717) is 11.3 Å². The van der Waals surface area contributed by atoms with Crippen LogP contribution in [0.4, 0.5) is 0 Å². The summed E-state index contributed by atoms with van der Waals surface area (Å²) in [6.07, 6.45) is 10.0. The van der Waals surface area contributed by atoms with E-state index < -0.39 is 0 Å². The topological polar surface area (TPSA) is 33.1 Å². The van der Waals surface area contributed by atoms with Crippen LogP contribution >= 0.6 is 0 Å². The zero-order chi connectivity index (χ0) is 15.0. The molecule has 4 rings (SSSR count). The molecule has 0 bridgehead atoms. The van der Waals surface area contributed by atoms with Gasteiger partial charge >= 0.3 is 0 Å².